The van der Waals surface area contributed by atoms with Crippen molar-refractivity contribution in [1.82, 2.24) is 10.2 Å². The molecule has 2 N–H and O–H groups in total. The van der Waals surface area contributed by atoms with Crippen molar-refractivity contribution in [1.29, 1.82) is 0 Å². The van der Waals surface area contributed by atoms with Crippen LogP contribution in [-0.2, 0) is 14.3 Å². The number of carbonyl (C=O) groups excluding carboxylic acids is 3. The molecular formula is C23H34N2O5. The molecule has 2 atom stereocenters. The van der Waals surface area contributed by atoms with Crippen LogP contribution in [0.25, 0.3) is 0 Å². The van der Waals surface area contributed by atoms with E-state index >= 15 is 0 Å². The predicted molar refractivity (Wildman–Crippen MR) is 114 cm³/mol. The molecule has 0 radical (unpaired) electrons. The zero-order chi connectivity index (χ0) is 22.8. The number of nitrogens with one attached hydrogen (secondary N) is 1. The third-order valence-corrected chi connectivity index (χ3v) is 5.19. The number of aromatic hydroxyl groups is 1. The zero-order valence-corrected chi connectivity index (χ0v) is 19.0. The number of benzene rings is 1. The van der Waals surface area contributed by atoms with Gasteiger partial charge in [-0.2, -0.15) is 0 Å². The van der Waals surface area contributed by atoms with E-state index in [9.17, 15) is 19.5 Å². The van der Waals surface area contributed by atoms with Crippen molar-refractivity contribution in [3.05, 3.63) is 28.8 Å². The molecule has 0 spiro atoms. The Bertz CT molecular complexity index is 802. The van der Waals surface area contributed by atoms with Gasteiger partial charge in [-0.15, -0.1) is 0 Å². The summed E-state index contributed by atoms with van der Waals surface area (Å²) in [5.74, 6) is -1.09. The molecule has 30 heavy (non-hydrogen) atoms. The molecule has 2 unspecified atom stereocenters. The average Bonchev–Trinajstić information content (AvgIpc) is 3.11. The van der Waals surface area contributed by atoms with Gasteiger partial charge in [0.1, 0.15) is 23.4 Å². The third-order valence-electron chi connectivity index (χ3n) is 5.19. The number of aryl methyl sites for hydroxylation is 2. The van der Waals surface area contributed by atoms with Crippen molar-refractivity contribution in [3.8, 4) is 5.75 Å². The number of carbonyl (C=O) groups is 3. The van der Waals surface area contributed by atoms with Crippen LogP contribution in [0.4, 0.5) is 0 Å². The van der Waals surface area contributed by atoms with Crippen molar-refractivity contribution in [2.24, 2.45) is 5.92 Å². The van der Waals surface area contributed by atoms with E-state index in [4.69, 9.17) is 4.74 Å². The molecule has 166 valence electrons. The minimum Gasteiger partial charge on any atom is -0.507 e. The second-order valence-electron chi connectivity index (χ2n) is 9.38. The van der Waals surface area contributed by atoms with E-state index in [1.54, 1.807) is 46.8 Å². The summed E-state index contributed by atoms with van der Waals surface area (Å²) >= 11 is 0. The van der Waals surface area contributed by atoms with E-state index < -0.39 is 23.7 Å². The summed E-state index contributed by atoms with van der Waals surface area (Å²) in [5, 5.41) is 12.8. The highest BCUT2D eigenvalue weighted by Gasteiger charge is 2.40. The summed E-state index contributed by atoms with van der Waals surface area (Å²) in [4.78, 5) is 40.3. The molecule has 0 aromatic heterocycles. The first-order valence-electron chi connectivity index (χ1n) is 10.5. The van der Waals surface area contributed by atoms with E-state index in [-0.39, 0.29) is 23.5 Å². The Labute approximate surface area is 178 Å². The SMILES string of the molecule is Cc1cc(C(=O)NC(C(=O)N2CCCC2C(=O)OC(C)(C)C)C(C)C)cc(C)c1O. The number of phenols is 1. The van der Waals surface area contributed by atoms with E-state index in [0.717, 1.165) is 0 Å². The topological polar surface area (TPSA) is 95.9 Å². The van der Waals surface area contributed by atoms with Crippen LogP contribution in [-0.4, -0.2) is 52.0 Å². The molecule has 0 bridgehead atoms. The molecule has 7 heteroatoms. The maximum Gasteiger partial charge on any atom is 0.329 e. The first-order valence-corrected chi connectivity index (χ1v) is 10.5. The standard InChI is InChI=1S/C23H34N2O5/c1-13(2)18(24-20(27)16-11-14(3)19(26)15(4)12-16)21(28)25-10-8-9-17(25)22(29)30-23(5,6)7/h11-13,17-18,26H,8-10H2,1-7H3,(H,24,27). The molecule has 0 aliphatic carbocycles. The fraction of sp³-hybridized carbons (Fsp3) is 0.609. The Hall–Kier alpha value is -2.57. The lowest BCUT2D eigenvalue weighted by molar-refractivity contribution is -0.163. The first-order chi connectivity index (χ1) is 13.8. The van der Waals surface area contributed by atoms with Crippen LogP contribution in [0, 0.1) is 19.8 Å². The van der Waals surface area contributed by atoms with Gasteiger partial charge in [-0.3, -0.25) is 9.59 Å². The lowest BCUT2D eigenvalue weighted by Gasteiger charge is -2.31. The third kappa shape index (κ3) is 5.52. The number of amides is 2. The lowest BCUT2D eigenvalue weighted by Crippen LogP contribution is -2.54. The number of nitrogens with zero attached hydrogens (tertiary/aromatic N) is 1. The van der Waals surface area contributed by atoms with E-state index in [1.807, 2.05) is 13.8 Å². The minimum atomic E-state index is -0.769. The highest BCUT2D eigenvalue weighted by molar-refractivity contribution is 5.98. The monoisotopic (exact) mass is 418 g/mol. The highest BCUT2D eigenvalue weighted by Crippen LogP contribution is 2.25. The second-order valence-corrected chi connectivity index (χ2v) is 9.38. The van der Waals surface area contributed by atoms with Crippen molar-refractivity contribution in [3.63, 3.8) is 0 Å². The van der Waals surface area contributed by atoms with Crippen LogP contribution in [0.3, 0.4) is 0 Å². The maximum absolute atomic E-state index is 13.3. The molecule has 2 rings (SSSR count). The highest BCUT2D eigenvalue weighted by atomic mass is 16.6. The van der Waals surface area contributed by atoms with Crippen molar-refractivity contribution >= 4 is 17.8 Å². The van der Waals surface area contributed by atoms with Crippen molar-refractivity contribution in [2.75, 3.05) is 6.54 Å². The summed E-state index contributed by atoms with van der Waals surface area (Å²) in [6, 6.07) is 1.79. The number of likely N-dealkylation sites (tertiary alicyclic amines) is 1. The Balaban J connectivity index is 2.20. The van der Waals surface area contributed by atoms with Crippen molar-refractivity contribution in [2.45, 2.75) is 79.0 Å². The van der Waals surface area contributed by atoms with Crippen LogP contribution in [0.15, 0.2) is 12.1 Å². The molecule has 7 nitrogen and oxygen atoms in total. The lowest BCUT2D eigenvalue weighted by atomic mass is 10.0. The molecule has 2 amide bonds. The summed E-state index contributed by atoms with van der Waals surface area (Å²) in [6.45, 7) is 13.0. The van der Waals surface area contributed by atoms with Gasteiger partial charge in [0.2, 0.25) is 5.91 Å². The van der Waals surface area contributed by atoms with Crippen LogP contribution in [0.5, 0.6) is 5.75 Å². The minimum absolute atomic E-state index is 0.153. The van der Waals surface area contributed by atoms with Gasteiger partial charge in [-0.05, 0) is 76.6 Å². The van der Waals surface area contributed by atoms with Gasteiger partial charge in [-0.1, -0.05) is 13.8 Å². The Morgan fingerprint density at radius 1 is 1.17 bits per heavy atom. The Morgan fingerprint density at radius 3 is 2.23 bits per heavy atom. The Morgan fingerprint density at radius 2 is 1.73 bits per heavy atom. The first kappa shape index (κ1) is 23.7. The Kier molecular flexibility index (Phi) is 7.16. The molecule has 0 saturated carbocycles. The molecule has 1 aromatic rings. The van der Waals surface area contributed by atoms with Crippen LogP contribution >= 0.6 is 0 Å². The number of ether oxygens (including phenoxy) is 1. The van der Waals surface area contributed by atoms with Gasteiger partial charge in [0.25, 0.3) is 5.91 Å². The molecule has 1 aromatic carbocycles. The number of hydrogen-bond acceptors (Lipinski definition) is 5. The quantitative estimate of drug-likeness (QED) is 0.717. The van der Waals surface area contributed by atoms with Gasteiger partial charge in [0.15, 0.2) is 0 Å². The summed E-state index contributed by atoms with van der Waals surface area (Å²) in [5.41, 5.74) is 0.940. The fourth-order valence-electron chi connectivity index (χ4n) is 3.65. The molecule has 1 heterocycles. The number of hydrogen-bond donors (Lipinski definition) is 2. The smallest absolute Gasteiger partial charge is 0.329 e. The molecular weight excluding hydrogens is 384 g/mol. The van der Waals surface area contributed by atoms with E-state index in [1.165, 1.54) is 4.90 Å². The second kappa shape index (κ2) is 9.06. The summed E-state index contributed by atoms with van der Waals surface area (Å²) < 4.78 is 5.49. The largest absolute Gasteiger partial charge is 0.507 e. The van der Waals surface area contributed by atoms with Gasteiger partial charge < -0.3 is 20.1 Å². The van der Waals surface area contributed by atoms with Crippen molar-refractivity contribution < 1.29 is 24.2 Å². The van der Waals surface area contributed by atoms with E-state index in [0.29, 0.717) is 36.1 Å². The van der Waals surface area contributed by atoms with Gasteiger partial charge in [0, 0.05) is 12.1 Å². The zero-order valence-electron chi connectivity index (χ0n) is 19.0. The number of rotatable bonds is 5. The van der Waals surface area contributed by atoms with Crippen LogP contribution in [0.2, 0.25) is 0 Å². The summed E-state index contributed by atoms with van der Waals surface area (Å²) in [6.07, 6.45) is 1.26. The number of phenolic OH excluding ortho intramolecular Hbond substituents is 1. The average molecular weight is 419 g/mol. The molecule has 1 aliphatic heterocycles. The van der Waals surface area contributed by atoms with Gasteiger partial charge >= 0.3 is 5.97 Å². The fourth-order valence-corrected chi connectivity index (χ4v) is 3.65. The maximum atomic E-state index is 13.3. The van der Waals surface area contributed by atoms with Gasteiger partial charge in [-0.25, -0.2) is 4.79 Å². The van der Waals surface area contributed by atoms with E-state index in [2.05, 4.69) is 5.32 Å². The summed E-state index contributed by atoms with van der Waals surface area (Å²) in [7, 11) is 0. The molecule has 1 fully saturated rings. The van der Waals surface area contributed by atoms with Gasteiger partial charge in [0.05, 0.1) is 0 Å². The normalized spacial score (nSPS) is 17.7. The number of esters is 1. The van der Waals surface area contributed by atoms with Crippen LogP contribution < -0.4 is 5.32 Å². The van der Waals surface area contributed by atoms with Crippen LogP contribution in [0.1, 0.15) is 68.9 Å². The predicted octanol–water partition coefficient (Wildman–Crippen LogP) is 3.10. The molecule has 1 aliphatic rings. The molecule has 1 saturated heterocycles.